The van der Waals surface area contributed by atoms with Crippen LogP contribution in [0.15, 0.2) is 48.5 Å². The maximum absolute atomic E-state index is 13.2. The van der Waals surface area contributed by atoms with Crippen molar-refractivity contribution in [3.63, 3.8) is 0 Å². The van der Waals surface area contributed by atoms with Crippen LogP contribution in [0.2, 0.25) is 0 Å². The van der Waals surface area contributed by atoms with Crippen LogP contribution in [0.3, 0.4) is 0 Å². The van der Waals surface area contributed by atoms with Gasteiger partial charge >= 0.3 is 12.1 Å². The smallest absolute Gasteiger partial charge is 0.407 e. The van der Waals surface area contributed by atoms with Crippen molar-refractivity contribution >= 4 is 18.0 Å². The number of carbonyl (C=O) groups excluding carboxylic acids is 2. The Morgan fingerprint density at radius 2 is 1.60 bits per heavy atom. The number of alkyl carbamates (subject to hydrolysis) is 1. The summed E-state index contributed by atoms with van der Waals surface area (Å²) in [6, 6.07) is 15.5. The number of carboxylic acids is 1. The van der Waals surface area contributed by atoms with Crippen LogP contribution in [0.5, 0.6) is 0 Å². The zero-order valence-corrected chi connectivity index (χ0v) is 20.5. The van der Waals surface area contributed by atoms with Gasteiger partial charge in [0.05, 0.1) is 5.41 Å². The number of carboxylic acid groups (broad SMARTS) is 1. The first-order valence-electron chi connectivity index (χ1n) is 12.0. The third kappa shape index (κ3) is 5.17. The molecular formula is C27H33N3O5. The Hall–Kier alpha value is -3.39. The van der Waals surface area contributed by atoms with Gasteiger partial charge in [0.25, 0.3) is 0 Å². The molecule has 2 aliphatic rings. The van der Waals surface area contributed by atoms with Crippen LogP contribution in [0.4, 0.5) is 4.79 Å². The minimum atomic E-state index is -0.841. The molecule has 1 heterocycles. The fourth-order valence-corrected chi connectivity index (χ4v) is 4.99. The highest BCUT2D eigenvalue weighted by Gasteiger charge is 2.39. The van der Waals surface area contributed by atoms with E-state index in [1.807, 2.05) is 43.3 Å². The van der Waals surface area contributed by atoms with E-state index in [4.69, 9.17) is 4.74 Å². The van der Waals surface area contributed by atoms with Crippen LogP contribution in [0.1, 0.15) is 36.8 Å². The number of hydrogen-bond acceptors (Lipinski definition) is 5. The highest BCUT2D eigenvalue weighted by atomic mass is 16.5. The van der Waals surface area contributed by atoms with Gasteiger partial charge in [0.2, 0.25) is 5.91 Å². The summed E-state index contributed by atoms with van der Waals surface area (Å²) in [5, 5.41) is 12.2. The summed E-state index contributed by atoms with van der Waals surface area (Å²) < 4.78 is 5.64. The van der Waals surface area contributed by atoms with Gasteiger partial charge in [-0.25, -0.2) is 4.79 Å². The first-order valence-corrected chi connectivity index (χ1v) is 12.0. The number of nitrogens with zero attached hydrogens (tertiary/aromatic N) is 2. The molecule has 2 N–H and O–H groups in total. The predicted octanol–water partition coefficient (Wildman–Crippen LogP) is 3.17. The van der Waals surface area contributed by atoms with Crippen molar-refractivity contribution in [2.45, 2.75) is 31.7 Å². The van der Waals surface area contributed by atoms with Gasteiger partial charge in [0.15, 0.2) is 0 Å². The van der Waals surface area contributed by atoms with E-state index >= 15 is 0 Å². The number of aliphatic carboxylic acids is 1. The van der Waals surface area contributed by atoms with Gasteiger partial charge in [0.1, 0.15) is 12.6 Å². The van der Waals surface area contributed by atoms with E-state index in [-0.39, 0.29) is 18.4 Å². The maximum Gasteiger partial charge on any atom is 0.407 e. The molecule has 0 spiro atoms. The number of piperidine rings is 1. The third-order valence-corrected chi connectivity index (χ3v) is 7.18. The molecular weight excluding hydrogens is 446 g/mol. The summed E-state index contributed by atoms with van der Waals surface area (Å²) in [6.07, 6.45) is 0.126. The lowest BCUT2D eigenvalue weighted by Gasteiger charge is -2.38. The third-order valence-electron chi connectivity index (χ3n) is 7.18. The molecule has 4 rings (SSSR count). The molecule has 1 atom stereocenters. The fourth-order valence-electron chi connectivity index (χ4n) is 4.99. The Balaban J connectivity index is 1.40. The van der Waals surface area contributed by atoms with Crippen LogP contribution in [-0.2, 0) is 14.3 Å². The SMILES string of the molecule is CN(C)CC(NC(=O)OCC1c2ccccc2-c2ccccc21)C(=O)N1CCC(C)(C(=O)O)CC1. The molecule has 1 fully saturated rings. The number of benzene rings is 2. The van der Waals surface area contributed by atoms with Gasteiger partial charge in [-0.1, -0.05) is 48.5 Å². The van der Waals surface area contributed by atoms with Crippen molar-refractivity contribution in [2.24, 2.45) is 5.41 Å². The van der Waals surface area contributed by atoms with Crippen molar-refractivity contribution in [1.29, 1.82) is 0 Å². The predicted molar refractivity (Wildman–Crippen MR) is 132 cm³/mol. The van der Waals surface area contributed by atoms with Gasteiger partial charge in [0, 0.05) is 25.6 Å². The second kappa shape index (κ2) is 10.1. The minimum absolute atomic E-state index is 0.0630. The molecule has 1 unspecified atom stereocenters. The van der Waals surface area contributed by atoms with E-state index in [2.05, 4.69) is 29.6 Å². The molecule has 0 radical (unpaired) electrons. The zero-order chi connectivity index (χ0) is 25.2. The van der Waals surface area contributed by atoms with Crippen LogP contribution in [-0.4, -0.2) is 79.3 Å². The molecule has 1 aliphatic carbocycles. The molecule has 8 nitrogen and oxygen atoms in total. The molecule has 2 amide bonds. The number of likely N-dealkylation sites (tertiary alicyclic amines) is 1. The number of likely N-dealkylation sites (N-methyl/N-ethyl adjacent to an activating group) is 1. The Morgan fingerprint density at radius 1 is 1.06 bits per heavy atom. The van der Waals surface area contributed by atoms with Crippen molar-refractivity contribution in [3.05, 3.63) is 59.7 Å². The Labute approximate surface area is 205 Å². The first-order chi connectivity index (χ1) is 16.7. The number of amides is 2. The summed E-state index contributed by atoms with van der Waals surface area (Å²) in [5.41, 5.74) is 3.72. The van der Waals surface area contributed by atoms with Crippen LogP contribution < -0.4 is 5.32 Å². The quantitative estimate of drug-likeness (QED) is 0.633. The molecule has 35 heavy (non-hydrogen) atoms. The van der Waals surface area contributed by atoms with Gasteiger partial charge < -0.3 is 25.0 Å². The number of nitrogens with one attached hydrogen (secondary N) is 1. The van der Waals surface area contributed by atoms with E-state index in [0.29, 0.717) is 32.5 Å². The lowest BCUT2D eigenvalue weighted by atomic mass is 9.80. The summed E-state index contributed by atoms with van der Waals surface area (Å²) in [4.78, 5) is 41.0. The Bertz CT molecular complexity index is 1060. The van der Waals surface area contributed by atoms with E-state index < -0.39 is 23.5 Å². The summed E-state index contributed by atoms with van der Waals surface area (Å²) >= 11 is 0. The Morgan fingerprint density at radius 3 is 2.11 bits per heavy atom. The average molecular weight is 480 g/mol. The topological polar surface area (TPSA) is 99.2 Å². The van der Waals surface area contributed by atoms with E-state index in [1.165, 1.54) is 0 Å². The molecule has 1 aliphatic heterocycles. The normalized spacial score (nSPS) is 17.4. The average Bonchev–Trinajstić information content (AvgIpc) is 3.16. The van der Waals surface area contributed by atoms with Gasteiger partial charge in [-0.15, -0.1) is 0 Å². The van der Waals surface area contributed by atoms with Crippen LogP contribution >= 0.6 is 0 Å². The van der Waals surface area contributed by atoms with Crippen molar-refractivity contribution in [2.75, 3.05) is 40.3 Å². The van der Waals surface area contributed by atoms with Gasteiger partial charge in [-0.3, -0.25) is 9.59 Å². The van der Waals surface area contributed by atoms with Crippen molar-refractivity contribution in [1.82, 2.24) is 15.1 Å². The van der Waals surface area contributed by atoms with E-state index in [0.717, 1.165) is 22.3 Å². The first kappa shape index (κ1) is 24.7. The van der Waals surface area contributed by atoms with E-state index in [1.54, 1.807) is 11.8 Å². The molecule has 8 heteroatoms. The van der Waals surface area contributed by atoms with Gasteiger partial charge in [-0.2, -0.15) is 0 Å². The summed E-state index contributed by atoms with van der Waals surface area (Å²) in [5.74, 6) is -1.13. The molecule has 186 valence electrons. The standard InChI is InChI=1S/C27H33N3O5/c1-27(25(32)33)12-14-30(15-13-27)24(31)23(16-29(2)3)28-26(34)35-17-22-20-10-6-4-8-18(20)19-9-5-7-11-21(19)22/h4-11,22-23H,12-17H2,1-3H3,(H,28,34)(H,32,33). The van der Waals surface area contributed by atoms with Crippen molar-refractivity contribution in [3.8, 4) is 11.1 Å². The molecule has 1 saturated heterocycles. The fraction of sp³-hybridized carbons (Fsp3) is 0.444. The largest absolute Gasteiger partial charge is 0.481 e. The van der Waals surface area contributed by atoms with E-state index in [9.17, 15) is 19.5 Å². The molecule has 2 aromatic rings. The molecule has 0 saturated carbocycles. The highest BCUT2D eigenvalue weighted by molar-refractivity contribution is 5.86. The summed E-state index contributed by atoms with van der Waals surface area (Å²) in [6.45, 7) is 2.89. The number of fused-ring (bicyclic) bond motifs is 3. The van der Waals surface area contributed by atoms with Crippen molar-refractivity contribution < 1.29 is 24.2 Å². The monoisotopic (exact) mass is 479 g/mol. The second-order valence-corrected chi connectivity index (χ2v) is 9.98. The lowest BCUT2D eigenvalue weighted by Crippen LogP contribution is -2.55. The zero-order valence-electron chi connectivity index (χ0n) is 20.5. The second-order valence-electron chi connectivity index (χ2n) is 9.98. The number of ether oxygens (including phenoxy) is 1. The summed E-state index contributed by atoms with van der Waals surface area (Å²) in [7, 11) is 3.66. The minimum Gasteiger partial charge on any atom is -0.481 e. The lowest BCUT2D eigenvalue weighted by molar-refractivity contribution is -0.153. The molecule has 0 aromatic heterocycles. The molecule has 0 bridgehead atoms. The number of hydrogen-bond donors (Lipinski definition) is 2. The highest BCUT2D eigenvalue weighted by Crippen LogP contribution is 2.44. The number of rotatable bonds is 7. The van der Waals surface area contributed by atoms with Gasteiger partial charge in [-0.05, 0) is 56.1 Å². The Kier molecular flexibility index (Phi) is 7.12. The molecule has 2 aromatic carbocycles. The van der Waals surface area contributed by atoms with Crippen LogP contribution in [0.25, 0.3) is 11.1 Å². The number of carbonyl (C=O) groups is 3. The maximum atomic E-state index is 13.2. The van der Waals surface area contributed by atoms with Crippen LogP contribution in [0, 0.1) is 5.41 Å².